The van der Waals surface area contributed by atoms with Crippen molar-refractivity contribution in [3.05, 3.63) is 46.9 Å². The zero-order valence-electron chi connectivity index (χ0n) is 9.61. The maximum Gasteiger partial charge on any atom is 0.356 e. The Bertz CT molecular complexity index is 706. The molecule has 0 aliphatic rings. The van der Waals surface area contributed by atoms with Crippen LogP contribution in [0.4, 0.5) is 0 Å². The number of nitrogens with zero attached hydrogens (tertiary/aromatic N) is 2. The van der Waals surface area contributed by atoms with Crippen molar-refractivity contribution in [3.63, 3.8) is 0 Å². The minimum Gasteiger partial charge on any atom is -0.476 e. The topological polar surface area (TPSA) is 63.1 Å². The molecule has 0 saturated heterocycles. The van der Waals surface area contributed by atoms with Gasteiger partial charge in [0.1, 0.15) is 5.69 Å². The van der Waals surface area contributed by atoms with Gasteiger partial charge in [0.15, 0.2) is 5.69 Å². The summed E-state index contributed by atoms with van der Waals surface area (Å²) in [5.74, 6) is -1.06. The number of hydrogen-bond donors (Lipinski definition) is 1. The predicted molar refractivity (Wildman–Crippen MR) is 75.6 cm³/mol. The maximum atomic E-state index is 11.3. The van der Waals surface area contributed by atoms with Crippen LogP contribution in [0.15, 0.2) is 41.2 Å². The number of carboxylic acid groups (broad SMARTS) is 1. The highest BCUT2D eigenvalue weighted by Gasteiger charge is 2.17. The molecular formula is C13H8N2O2S2. The molecule has 3 heterocycles. The highest BCUT2D eigenvalue weighted by Crippen LogP contribution is 2.28. The fourth-order valence-electron chi connectivity index (χ4n) is 1.67. The van der Waals surface area contributed by atoms with Crippen LogP contribution in [0.2, 0.25) is 0 Å². The van der Waals surface area contributed by atoms with E-state index in [1.165, 1.54) is 22.7 Å². The van der Waals surface area contributed by atoms with Crippen molar-refractivity contribution in [2.75, 3.05) is 0 Å². The van der Waals surface area contributed by atoms with E-state index in [-0.39, 0.29) is 5.69 Å². The van der Waals surface area contributed by atoms with Crippen LogP contribution < -0.4 is 0 Å². The molecule has 94 valence electrons. The molecule has 3 aromatic heterocycles. The first kappa shape index (κ1) is 12.0. The second-order valence-corrected chi connectivity index (χ2v) is 5.61. The molecule has 4 nitrogen and oxygen atoms in total. The molecule has 0 radical (unpaired) electrons. The fourth-order valence-corrected chi connectivity index (χ4v) is 3.08. The number of carboxylic acids is 1. The Morgan fingerprint density at radius 2 is 1.79 bits per heavy atom. The van der Waals surface area contributed by atoms with E-state index in [9.17, 15) is 9.90 Å². The zero-order chi connectivity index (χ0) is 13.2. The predicted octanol–water partition coefficient (Wildman–Crippen LogP) is 3.63. The third-order valence-electron chi connectivity index (χ3n) is 2.50. The lowest BCUT2D eigenvalue weighted by molar-refractivity contribution is 0.0691. The van der Waals surface area contributed by atoms with Gasteiger partial charge in [0.05, 0.1) is 21.6 Å². The second kappa shape index (κ2) is 4.91. The number of carbonyl (C=O) groups is 1. The lowest BCUT2D eigenvalue weighted by Crippen LogP contribution is -2.05. The number of thiophene rings is 2. The van der Waals surface area contributed by atoms with E-state index in [2.05, 4.69) is 9.97 Å². The molecule has 0 bridgehead atoms. The van der Waals surface area contributed by atoms with Gasteiger partial charge in [0.25, 0.3) is 0 Å². The third kappa shape index (κ3) is 2.27. The second-order valence-electron chi connectivity index (χ2n) is 3.71. The van der Waals surface area contributed by atoms with Crippen molar-refractivity contribution in [3.8, 4) is 21.1 Å². The molecule has 0 fully saturated rings. The summed E-state index contributed by atoms with van der Waals surface area (Å²) < 4.78 is 0. The van der Waals surface area contributed by atoms with Crippen molar-refractivity contribution in [1.29, 1.82) is 0 Å². The SMILES string of the molecule is O=C(O)c1nc(-c2cccs2)cnc1-c1cccs1. The van der Waals surface area contributed by atoms with Gasteiger partial charge in [-0.05, 0) is 22.9 Å². The van der Waals surface area contributed by atoms with Crippen LogP contribution in [0.3, 0.4) is 0 Å². The van der Waals surface area contributed by atoms with Crippen LogP contribution >= 0.6 is 22.7 Å². The summed E-state index contributed by atoms with van der Waals surface area (Å²) in [6, 6.07) is 7.49. The Morgan fingerprint density at radius 3 is 2.37 bits per heavy atom. The Balaban J connectivity index is 2.15. The van der Waals surface area contributed by atoms with Gasteiger partial charge in [0, 0.05) is 0 Å². The van der Waals surface area contributed by atoms with Gasteiger partial charge >= 0.3 is 5.97 Å². The molecule has 3 aromatic rings. The molecule has 0 saturated carbocycles. The lowest BCUT2D eigenvalue weighted by atomic mass is 10.2. The molecule has 0 amide bonds. The summed E-state index contributed by atoms with van der Waals surface area (Å²) in [4.78, 5) is 21.6. The Kier molecular flexibility index (Phi) is 3.10. The normalized spacial score (nSPS) is 10.5. The minimum atomic E-state index is -1.06. The van der Waals surface area contributed by atoms with Crippen molar-refractivity contribution in [2.24, 2.45) is 0 Å². The van der Waals surface area contributed by atoms with Gasteiger partial charge in [-0.1, -0.05) is 12.1 Å². The van der Waals surface area contributed by atoms with Crippen LogP contribution in [-0.2, 0) is 0 Å². The number of rotatable bonds is 3. The van der Waals surface area contributed by atoms with Crippen LogP contribution in [0.5, 0.6) is 0 Å². The van der Waals surface area contributed by atoms with Crippen LogP contribution in [0.25, 0.3) is 21.1 Å². The van der Waals surface area contributed by atoms with Crippen molar-refractivity contribution in [1.82, 2.24) is 9.97 Å². The van der Waals surface area contributed by atoms with E-state index in [4.69, 9.17) is 0 Å². The van der Waals surface area contributed by atoms with E-state index in [0.717, 1.165) is 9.75 Å². The lowest BCUT2D eigenvalue weighted by Gasteiger charge is -2.04. The van der Waals surface area contributed by atoms with Gasteiger partial charge in [0.2, 0.25) is 0 Å². The summed E-state index contributed by atoms with van der Waals surface area (Å²) >= 11 is 2.95. The first-order chi connectivity index (χ1) is 9.25. The first-order valence-electron chi connectivity index (χ1n) is 5.44. The van der Waals surface area contributed by atoms with Gasteiger partial charge < -0.3 is 5.11 Å². The van der Waals surface area contributed by atoms with Gasteiger partial charge in [-0.2, -0.15) is 0 Å². The van der Waals surface area contributed by atoms with E-state index in [1.54, 1.807) is 6.20 Å². The Hall–Kier alpha value is -2.05. The summed E-state index contributed by atoms with van der Waals surface area (Å²) in [6.45, 7) is 0. The fraction of sp³-hybridized carbons (Fsp3) is 0. The van der Waals surface area contributed by atoms with Gasteiger partial charge in [-0.3, -0.25) is 4.98 Å². The number of hydrogen-bond acceptors (Lipinski definition) is 5. The molecule has 6 heteroatoms. The molecule has 1 N–H and O–H groups in total. The molecule has 0 unspecified atom stereocenters. The quantitative estimate of drug-likeness (QED) is 0.799. The molecule has 0 spiro atoms. The Morgan fingerprint density at radius 1 is 1.11 bits per heavy atom. The molecule has 0 aromatic carbocycles. The number of aromatic carboxylic acids is 1. The third-order valence-corrected chi connectivity index (χ3v) is 4.27. The monoisotopic (exact) mass is 288 g/mol. The molecule has 19 heavy (non-hydrogen) atoms. The largest absolute Gasteiger partial charge is 0.476 e. The van der Waals surface area contributed by atoms with Crippen LogP contribution in [-0.4, -0.2) is 21.0 Å². The van der Waals surface area contributed by atoms with Gasteiger partial charge in [-0.15, -0.1) is 22.7 Å². The molecule has 3 rings (SSSR count). The van der Waals surface area contributed by atoms with Crippen LogP contribution in [0, 0.1) is 0 Å². The molecule has 0 aliphatic heterocycles. The van der Waals surface area contributed by atoms with E-state index < -0.39 is 5.97 Å². The number of aromatic nitrogens is 2. The molecule has 0 aliphatic carbocycles. The van der Waals surface area contributed by atoms with Crippen molar-refractivity contribution in [2.45, 2.75) is 0 Å². The van der Waals surface area contributed by atoms with Gasteiger partial charge in [-0.25, -0.2) is 9.78 Å². The van der Waals surface area contributed by atoms with Crippen molar-refractivity contribution >= 4 is 28.6 Å². The summed E-state index contributed by atoms with van der Waals surface area (Å²) in [5.41, 5.74) is 1.00. The highest BCUT2D eigenvalue weighted by atomic mass is 32.1. The molecule has 0 atom stereocenters. The van der Waals surface area contributed by atoms with E-state index >= 15 is 0 Å². The minimum absolute atomic E-state index is 0.00616. The highest BCUT2D eigenvalue weighted by molar-refractivity contribution is 7.13. The Labute approximate surface area is 117 Å². The zero-order valence-corrected chi connectivity index (χ0v) is 11.2. The van der Waals surface area contributed by atoms with Crippen molar-refractivity contribution < 1.29 is 9.90 Å². The van der Waals surface area contributed by atoms with E-state index in [0.29, 0.717) is 11.4 Å². The standard InChI is InChI=1S/C13H8N2O2S2/c16-13(17)12-11(10-4-2-6-19-10)14-7-8(15-12)9-3-1-5-18-9/h1-7H,(H,16,17). The summed E-state index contributed by atoms with van der Waals surface area (Å²) in [7, 11) is 0. The van der Waals surface area contributed by atoms with Crippen LogP contribution in [0.1, 0.15) is 10.5 Å². The summed E-state index contributed by atoms with van der Waals surface area (Å²) in [5, 5.41) is 13.1. The average Bonchev–Trinajstić information content (AvgIpc) is 3.11. The first-order valence-corrected chi connectivity index (χ1v) is 7.20. The smallest absolute Gasteiger partial charge is 0.356 e. The van der Waals surface area contributed by atoms with E-state index in [1.807, 2.05) is 35.0 Å². The maximum absolute atomic E-state index is 11.3. The average molecular weight is 288 g/mol. The molecular weight excluding hydrogens is 280 g/mol. The summed E-state index contributed by atoms with van der Waals surface area (Å²) in [6.07, 6.45) is 1.62.